The summed E-state index contributed by atoms with van der Waals surface area (Å²) in [4.78, 5) is 12.9. The Labute approximate surface area is 179 Å². The molecular formula is C23H24N4O2S. The average molecular weight is 421 g/mol. The Kier molecular flexibility index (Phi) is 5.90. The van der Waals surface area contributed by atoms with Crippen LogP contribution in [0.3, 0.4) is 0 Å². The Morgan fingerprint density at radius 1 is 1.13 bits per heavy atom. The van der Waals surface area contributed by atoms with Gasteiger partial charge in [-0.3, -0.25) is 9.20 Å². The second kappa shape index (κ2) is 8.75. The van der Waals surface area contributed by atoms with E-state index in [-0.39, 0.29) is 11.2 Å². The van der Waals surface area contributed by atoms with E-state index >= 15 is 0 Å². The fourth-order valence-electron chi connectivity index (χ4n) is 3.42. The summed E-state index contributed by atoms with van der Waals surface area (Å²) >= 11 is 1.44. The summed E-state index contributed by atoms with van der Waals surface area (Å²) in [6, 6.07) is 17.6. The van der Waals surface area contributed by atoms with Gasteiger partial charge in [0.1, 0.15) is 5.75 Å². The number of hydrogen-bond acceptors (Lipinski definition) is 5. The number of amides is 1. The number of aromatic nitrogens is 3. The van der Waals surface area contributed by atoms with Gasteiger partial charge < -0.3 is 10.1 Å². The van der Waals surface area contributed by atoms with E-state index in [0.717, 1.165) is 38.7 Å². The number of benzene rings is 2. The number of pyridine rings is 1. The topological polar surface area (TPSA) is 68.5 Å². The molecule has 1 atom stereocenters. The summed E-state index contributed by atoms with van der Waals surface area (Å²) in [5.41, 5.74) is 3.73. The van der Waals surface area contributed by atoms with Crippen LogP contribution in [-0.2, 0) is 4.79 Å². The predicted molar refractivity (Wildman–Crippen MR) is 121 cm³/mol. The molecule has 7 heteroatoms. The number of carbonyl (C=O) groups is 1. The van der Waals surface area contributed by atoms with E-state index in [1.807, 2.05) is 60.7 Å². The van der Waals surface area contributed by atoms with Gasteiger partial charge in [-0.2, -0.15) is 0 Å². The first-order valence-electron chi connectivity index (χ1n) is 10.0. The number of anilines is 1. The van der Waals surface area contributed by atoms with E-state index in [9.17, 15) is 4.79 Å². The quantitative estimate of drug-likeness (QED) is 0.421. The van der Waals surface area contributed by atoms with Crippen molar-refractivity contribution in [3.8, 4) is 5.75 Å². The molecular weight excluding hydrogens is 396 g/mol. The van der Waals surface area contributed by atoms with Crippen LogP contribution in [0.2, 0.25) is 0 Å². The van der Waals surface area contributed by atoms with E-state index in [1.54, 1.807) is 0 Å². The van der Waals surface area contributed by atoms with Crippen molar-refractivity contribution < 1.29 is 9.53 Å². The molecule has 1 N–H and O–H groups in total. The molecule has 0 saturated carbocycles. The highest BCUT2D eigenvalue weighted by Gasteiger charge is 2.22. The monoisotopic (exact) mass is 420 g/mol. The highest BCUT2D eigenvalue weighted by Crippen LogP contribution is 2.29. The molecule has 0 aliphatic carbocycles. The molecule has 0 aliphatic heterocycles. The number of aryl methyl sites for hydroxylation is 1. The summed E-state index contributed by atoms with van der Waals surface area (Å²) in [6.45, 7) is 6.63. The van der Waals surface area contributed by atoms with Crippen molar-refractivity contribution >= 4 is 39.9 Å². The van der Waals surface area contributed by atoms with E-state index in [2.05, 4.69) is 34.6 Å². The third kappa shape index (κ3) is 3.98. The summed E-state index contributed by atoms with van der Waals surface area (Å²) in [7, 11) is 0. The third-order valence-corrected chi connectivity index (χ3v) is 6.22. The lowest BCUT2D eigenvalue weighted by atomic mass is 10.1. The third-order valence-electron chi connectivity index (χ3n) is 4.92. The minimum atomic E-state index is -0.288. The normalized spacial score (nSPS) is 12.2. The standard InChI is InChI=1S/C23H24N4O2S/c1-4-20(22(28)24-16-10-12-17(13-11-16)29-5-2)30-23-26-25-21-14-15(3)18-8-6-7-9-19(18)27(21)23/h6-14,20H,4-5H2,1-3H3,(H,24,28). The number of hydrogen-bond donors (Lipinski definition) is 1. The number of nitrogens with one attached hydrogen (secondary N) is 1. The van der Waals surface area contributed by atoms with Crippen molar-refractivity contribution in [3.05, 3.63) is 60.2 Å². The Morgan fingerprint density at radius 2 is 1.90 bits per heavy atom. The van der Waals surface area contributed by atoms with Gasteiger partial charge in [-0.15, -0.1) is 10.2 Å². The number of fused-ring (bicyclic) bond motifs is 3. The van der Waals surface area contributed by atoms with Crippen molar-refractivity contribution in [1.82, 2.24) is 14.6 Å². The maximum absolute atomic E-state index is 12.9. The first kappa shape index (κ1) is 20.2. The Morgan fingerprint density at radius 3 is 2.63 bits per heavy atom. The van der Waals surface area contributed by atoms with Crippen LogP contribution in [0.4, 0.5) is 5.69 Å². The van der Waals surface area contributed by atoms with E-state index < -0.39 is 0 Å². The molecule has 6 nitrogen and oxygen atoms in total. The van der Waals surface area contributed by atoms with Crippen LogP contribution < -0.4 is 10.1 Å². The molecule has 30 heavy (non-hydrogen) atoms. The fourth-order valence-corrected chi connectivity index (χ4v) is 4.40. The Bertz CT molecular complexity index is 1190. The zero-order valence-corrected chi connectivity index (χ0v) is 18.1. The van der Waals surface area contributed by atoms with Crippen LogP contribution >= 0.6 is 11.8 Å². The van der Waals surface area contributed by atoms with E-state index in [4.69, 9.17) is 4.74 Å². The van der Waals surface area contributed by atoms with Crippen LogP contribution in [0.15, 0.2) is 59.8 Å². The lowest BCUT2D eigenvalue weighted by molar-refractivity contribution is -0.115. The molecule has 2 aromatic carbocycles. The Balaban J connectivity index is 1.58. The van der Waals surface area contributed by atoms with Crippen LogP contribution in [0.1, 0.15) is 25.8 Å². The summed E-state index contributed by atoms with van der Waals surface area (Å²) in [5, 5.41) is 13.3. The lowest BCUT2D eigenvalue weighted by Gasteiger charge is -2.15. The molecule has 2 aromatic heterocycles. The number of thioether (sulfide) groups is 1. The maximum atomic E-state index is 12.9. The first-order chi connectivity index (χ1) is 14.6. The summed E-state index contributed by atoms with van der Waals surface area (Å²) in [6.07, 6.45) is 0.673. The van der Waals surface area contributed by atoms with Gasteiger partial charge in [0.05, 0.1) is 17.4 Å². The molecule has 0 fully saturated rings. The second-order valence-corrected chi connectivity index (χ2v) is 8.15. The predicted octanol–water partition coefficient (Wildman–Crippen LogP) is 5.10. The van der Waals surface area contributed by atoms with Gasteiger partial charge in [0.25, 0.3) is 0 Å². The van der Waals surface area contributed by atoms with Gasteiger partial charge in [0.2, 0.25) is 5.91 Å². The SMILES string of the molecule is CCOc1ccc(NC(=O)C(CC)Sc2nnc3cc(C)c4ccccc4n23)cc1. The summed E-state index contributed by atoms with van der Waals surface area (Å²) < 4.78 is 7.48. The van der Waals surface area contributed by atoms with Crippen LogP contribution in [0.5, 0.6) is 5.75 Å². The Hall–Kier alpha value is -3.06. The molecule has 0 spiro atoms. The minimum absolute atomic E-state index is 0.0557. The molecule has 1 amide bonds. The van der Waals surface area contributed by atoms with Crippen molar-refractivity contribution in [2.45, 2.75) is 37.6 Å². The highest BCUT2D eigenvalue weighted by molar-refractivity contribution is 8.00. The van der Waals surface area contributed by atoms with Gasteiger partial charge in [0.15, 0.2) is 10.8 Å². The number of nitrogens with zero attached hydrogens (tertiary/aromatic N) is 3. The largest absolute Gasteiger partial charge is 0.494 e. The molecule has 4 aromatic rings. The maximum Gasteiger partial charge on any atom is 0.237 e. The van der Waals surface area contributed by atoms with Gasteiger partial charge in [-0.05, 0) is 62.2 Å². The van der Waals surface area contributed by atoms with Gasteiger partial charge in [-0.25, -0.2) is 0 Å². The number of rotatable bonds is 7. The van der Waals surface area contributed by atoms with Crippen LogP contribution in [0, 0.1) is 6.92 Å². The fraction of sp³-hybridized carbons (Fsp3) is 0.261. The van der Waals surface area contributed by atoms with E-state index in [0.29, 0.717) is 13.0 Å². The molecule has 0 aliphatic rings. The molecule has 0 saturated heterocycles. The van der Waals surface area contributed by atoms with Crippen molar-refractivity contribution in [2.24, 2.45) is 0 Å². The second-order valence-electron chi connectivity index (χ2n) is 6.98. The van der Waals surface area contributed by atoms with Crippen molar-refractivity contribution in [1.29, 1.82) is 0 Å². The number of para-hydroxylation sites is 1. The number of ether oxygens (including phenoxy) is 1. The minimum Gasteiger partial charge on any atom is -0.494 e. The van der Waals surface area contributed by atoms with Gasteiger partial charge in [-0.1, -0.05) is 36.9 Å². The van der Waals surface area contributed by atoms with Gasteiger partial charge in [0, 0.05) is 11.1 Å². The zero-order valence-electron chi connectivity index (χ0n) is 17.3. The van der Waals surface area contributed by atoms with E-state index in [1.165, 1.54) is 11.8 Å². The lowest BCUT2D eigenvalue weighted by Crippen LogP contribution is -2.24. The molecule has 0 bridgehead atoms. The molecule has 154 valence electrons. The number of carbonyl (C=O) groups excluding carboxylic acids is 1. The molecule has 4 rings (SSSR count). The van der Waals surface area contributed by atoms with Gasteiger partial charge >= 0.3 is 0 Å². The summed E-state index contributed by atoms with van der Waals surface area (Å²) in [5.74, 6) is 0.730. The average Bonchev–Trinajstić information content (AvgIpc) is 3.16. The smallest absolute Gasteiger partial charge is 0.237 e. The highest BCUT2D eigenvalue weighted by atomic mass is 32.2. The molecule has 0 radical (unpaired) electrons. The first-order valence-corrected chi connectivity index (χ1v) is 10.9. The van der Waals surface area contributed by atoms with Crippen molar-refractivity contribution in [2.75, 3.05) is 11.9 Å². The zero-order chi connectivity index (χ0) is 21.1. The molecule has 2 heterocycles. The molecule has 1 unspecified atom stereocenters. The van der Waals surface area contributed by atoms with Crippen LogP contribution in [-0.4, -0.2) is 32.4 Å². The van der Waals surface area contributed by atoms with Crippen LogP contribution in [0.25, 0.3) is 16.6 Å². The van der Waals surface area contributed by atoms with Crippen molar-refractivity contribution in [3.63, 3.8) is 0 Å².